The van der Waals surface area contributed by atoms with E-state index < -0.39 is 11.6 Å². The van der Waals surface area contributed by atoms with Gasteiger partial charge in [0.2, 0.25) is 0 Å². The highest BCUT2D eigenvalue weighted by molar-refractivity contribution is 5.18. The largest absolute Gasteiger partial charge is 0.366 e. The van der Waals surface area contributed by atoms with Gasteiger partial charge in [-0.25, -0.2) is 4.39 Å². The third kappa shape index (κ3) is 2.60. The van der Waals surface area contributed by atoms with Crippen molar-refractivity contribution in [2.24, 2.45) is 0 Å². The zero-order valence-electron chi connectivity index (χ0n) is 6.79. The molecule has 2 N–H and O–H groups in total. The first kappa shape index (κ1) is 9.16. The van der Waals surface area contributed by atoms with E-state index >= 15 is 0 Å². The lowest BCUT2D eigenvalue weighted by atomic mass is 10.1. The van der Waals surface area contributed by atoms with Gasteiger partial charge in [-0.2, -0.15) is 0 Å². The van der Waals surface area contributed by atoms with Gasteiger partial charge in [0.15, 0.2) is 5.79 Å². The molecule has 0 heterocycles. The van der Waals surface area contributed by atoms with Gasteiger partial charge in [0.25, 0.3) is 0 Å². The molecule has 0 saturated carbocycles. The molecule has 1 aromatic rings. The van der Waals surface area contributed by atoms with E-state index in [9.17, 15) is 4.39 Å². The van der Waals surface area contributed by atoms with E-state index in [1.807, 2.05) is 0 Å². The minimum absolute atomic E-state index is 0.0975. The lowest BCUT2D eigenvalue weighted by Gasteiger charge is -2.15. The Hall–Kier alpha value is -0.930. The Balaban J connectivity index is 2.83. The fourth-order valence-corrected chi connectivity index (χ4v) is 1.00. The van der Waals surface area contributed by atoms with E-state index in [0.29, 0.717) is 5.56 Å². The maximum Gasteiger partial charge on any atom is 0.163 e. The molecule has 66 valence electrons. The Morgan fingerprint density at radius 3 is 2.42 bits per heavy atom. The van der Waals surface area contributed by atoms with E-state index in [0.717, 1.165) is 0 Å². The van der Waals surface area contributed by atoms with Crippen LogP contribution in [0.3, 0.4) is 0 Å². The zero-order chi connectivity index (χ0) is 9.19. The summed E-state index contributed by atoms with van der Waals surface area (Å²) < 4.78 is 12.9. The van der Waals surface area contributed by atoms with Crippen LogP contribution in [-0.4, -0.2) is 16.0 Å². The molecule has 0 radical (unpaired) electrons. The van der Waals surface area contributed by atoms with E-state index in [2.05, 4.69) is 0 Å². The topological polar surface area (TPSA) is 40.5 Å². The van der Waals surface area contributed by atoms with E-state index in [1.165, 1.54) is 19.1 Å². The first-order chi connectivity index (χ1) is 5.49. The molecule has 12 heavy (non-hydrogen) atoms. The fourth-order valence-electron chi connectivity index (χ4n) is 1.00. The van der Waals surface area contributed by atoms with Crippen LogP contribution >= 0.6 is 0 Å². The van der Waals surface area contributed by atoms with Gasteiger partial charge >= 0.3 is 0 Å². The van der Waals surface area contributed by atoms with E-state index in [1.54, 1.807) is 12.1 Å². The number of hydrogen-bond acceptors (Lipinski definition) is 2. The van der Waals surface area contributed by atoms with Crippen LogP contribution in [0.2, 0.25) is 0 Å². The molecule has 1 rings (SSSR count). The predicted molar refractivity (Wildman–Crippen MR) is 42.9 cm³/mol. The molecule has 0 aromatic heterocycles. The predicted octanol–water partition coefficient (Wildman–Crippen LogP) is 1.07. The number of rotatable bonds is 2. The lowest BCUT2D eigenvalue weighted by molar-refractivity contribution is -0.143. The Morgan fingerprint density at radius 2 is 1.92 bits per heavy atom. The van der Waals surface area contributed by atoms with Crippen molar-refractivity contribution in [3.05, 3.63) is 35.6 Å². The van der Waals surface area contributed by atoms with Crippen LogP contribution in [-0.2, 0) is 6.42 Å². The van der Waals surface area contributed by atoms with Gasteiger partial charge in [-0.15, -0.1) is 0 Å². The first-order valence-corrected chi connectivity index (χ1v) is 3.67. The summed E-state index contributed by atoms with van der Waals surface area (Å²) in [5.41, 5.74) is 0.310. The highest BCUT2D eigenvalue weighted by atomic mass is 19.1. The lowest BCUT2D eigenvalue weighted by Crippen LogP contribution is -2.26. The van der Waals surface area contributed by atoms with Gasteiger partial charge in [-0.05, 0) is 18.6 Å². The summed E-state index contributed by atoms with van der Waals surface area (Å²) in [6.07, 6.45) is -0.0975. The maximum absolute atomic E-state index is 12.9. The Bertz CT molecular complexity index is 265. The number of benzene rings is 1. The molecule has 0 bridgehead atoms. The van der Waals surface area contributed by atoms with Crippen LogP contribution in [0.4, 0.5) is 4.39 Å². The van der Waals surface area contributed by atoms with Crippen LogP contribution in [0.5, 0.6) is 0 Å². The van der Waals surface area contributed by atoms with Gasteiger partial charge in [-0.3, -0.25) is 0 Å². The highest BCUT2D eigenvalue weighted by Gasteiger charge is 2.17. The van der Waals surface area contributed by atoms with Crippen molar-refractivity contribution in [3.63, 3.8) is 0 Å². The van der Waals surface area contributed by atoms with Crippen molar-refractivity contribution >= 4 is 0 Å². The van der Waals surface area contributed by atoms with Crippen molar-refractivity contribution in [3.8, 4) is 0 Å². The number of halogens is 1. The molecule has 0 spiro atoms. The molecule has 0 amide bonds. The molecule has 0 aliphatic carbocycles. The molecule has 2 nitrogen and oxygen atoms in total. The smallest absolute Gasteiger partial charge is 0.163 e. The normalized spacial score (nSPS) is 11.7. The summed E-state index contributed by atoms with van der Waals surface area (Å²) in [7, 11) is 0. The van der Waals surface area contributed by atoms with Gasteiger partial charge in [0, 0.05) is 6.42 Å². The monoisotopic (exact) mass is 170 g/mol. The van der Waals surface area contributed by atoms with Crippen LogP contribution in [0, 0.1) is 5.82 Å². The molecular weight excluding hydrogens is 159 g/mol. The SMILES string of the molecule is CC(O)(O)Cc1ccccc1F. The third-order valence-electron chi connectivity index (χ3n) is 1.48. The average molecular weight is 170 g/mol. The number of aliphatic hydroxyl groups is 2. The van der Waals surface area contributed by atoms with Crippen molar-refractivity contribution in [1.29, 1.82) is 0 Å². The average Bonchev–Trinajstić information content (AvgIpc) is 1.91. The Morgan fingerprint density at radius 1 is 1.33 bits per heavy atom. The van der Waals surface area contributed by atoms with Crippen LogP contribution in [0.15, 0.2) is 24.3 Å². The summed E-state index contributed by atoms with van der Waals surface area (Å²) in [6, 6.07) is 6.04. The standard InChI is InChI=1S/C9H11FO2/c1-9(11,12)6-7-4-2-3-5-8(7)10/h2-5,11-12H,6H2,1H3. The summed E-state index contributed by atoms with van der Waals surface area (Å²) in [5, 5.41) is 18.0. The van der Waals surface area contributed by atoms with Gasteiger partial charge in [-0.1, -0.05) is 18.2 Å². The van der Waals surface area contributed by atoms with E-state index in [-0.39, 0.29) is 6.42 Å². The summed E-state index contributed by atoms with van der Waals surface area (Å²) in [6.45, 7) is 1.22. The molecule has 0 saturated heterocycles. The van der Waals surface area contributed by atoms with Crippen LogP contribution in [0.25, 0.3) is 0 Å². The molecule has 0 aliphatic heterocycles. The molecule has 1 aromatic carbocycles. The maximum atomic E-state index is 12.9. The second kappa shape index (κ2) is 3.21. The molecule has 0 fully saturated rings. The molecule has 3 heteroatoms. The van der Waals surface area contributed by atoms with E-state index in [4.69, 9.17) is 10.2 Å². The van der Waals surface area contributed by atoms with Crippen molar-refractivity contribution in [2.75, 3.05) is 0 Å². The fraction of sp³-hybridized carbons (Fsp3) is 0.333. The molecule has 0 unspecified atom stereocenters. The minimum Gasteiger partial charge on any atom is -0.366 e. The summed E-state index contributed by atoms with van der Waals surface area (Å²) >= 11 is 0. The van der Waals surface area contributed by atoms with Crippen LogP contribution in [0.1, 0.15) is 12.5 Å². The van der Waals surface area contributed by atoms with Crippen molar-refractivity contribution < 1.29 is 14.6 Å². The summed E-state index contributed by atoms with van der Waals surface area (Å²) in [5.74, 6) is -2.26. The molecule has 0 atom stereocenters. The zero-order valence-corrected chi connectivity index (χ0v) is 6.79. The second-order valence-corrected chi connectivity index (χ2v) is 2.99. The molecular formula is C9H11FO2. The first-order valence-electron chi connectivity index (χ1n) is 3.67. The van der Waals surface area contributed by atoms with Gasteiger partial charge in [0.05, 0.1) is 0 Å². The van der Waals surface area contributed by atoms with Crippen molar-refractivity contribution in [1.82, 2.24) is 0 Å². The van der Waals surface area contributed by atoms with Gasteiger partial charge < -0.3 is 10.2 Å². The summed E-state index contributed by atoms with van der Waals surface area (Å²) in [4.78, 5) is 0. The Kier molecular flexibility index (Phi) is 2.45. The minimum atomic E-state index is -1.85. The van der Waals surface area contributed by atoms with Crippen molar-refractivity contribution in [2.45, 2.75) is 19.1 Å². The Labute approximate surface area is 70.3 Å². The van der Waals surface area contributed by atoms with Crippen LogP contribution < -0.4 is 0 Å². The number of hydrogen-bond donors (Lipinski definition) is 2. The third-order valence-corrected chi connectivity index (χ3v) is 1.48. The quantitative estimate of drug-likeness (QED) is 0.652. The second-order valence-electron chi connectivity index (χ2n) is 2.99. The highest BCUT2D eigenvalue weighted by Crippen LogP contribution is 2.13. The molecule has 0 aliphatic rings. The van der Waals surface area contributed by atoms with Gasteiger partial charge in [0.1, 0.15) is 5.82 Å².